The molecule has 2 aliphatic rings. The number of amides is 4. The molecule has 1 unspecified atom stereocenters. The van der Waals surface area contributed by atoms with Crippen molar-refractivity contribution in [2.45, 2.75) is 109 Å². The number of hydrogen-bond donors (Lipinski definition) is 3. The van der Waals surface area contributed by atoms with Gasteiger partial charge in [-0.1, -0.05) is 40.0 Å². The van der Waals surface area contributed by atoms with Crippen LogP contribution in [0, 0.1) is 5.92 Å². The van der Waals surface area contributed by atoms with E-state index >= 15 is 0 Å². The van der Waals surface area contributed by atoms with Crippen LogP contribution in [0.4, 0.5) is 0 Å². The molecule has 45 heavy (non-hydrogen) atoms. The smallest absolute Gasteiger partial charge is 0.251 e. The number of fused-ring (bicyclic) bond motifs is 2. The SMILES string of the molecule is CCC(=O)CCCCC[C@@H]1NC(=O)[C@H]2CCCCN2C(=O)C([C@H](C)CC)NC(=O)[C@@H](C(=O)c2ccc3c(ccn3C)c2)NC1=O. The molecule has 2 saturated heterocycles. The van der Waals surface area contributed by atoms with Gasteiger partial charge in [0.1, 0.15) is 23.9 Å². The monoisotopic (exact) mass is 621 g/mol. The lowest BCUT2D eigenvalue weighted by atomic mass is 9.93. The van der Waals surface area contributed by atoms with Crippen LogP contribution in [-0.2, 0) is 31.0 Å². The van der Waals surface area contributed by atoms with Crippen LogP contribution in [0.15, 0.2) is 30.5 Å². The first kappa shape index (κ1) is 33.9. The summed E-state index contributed by atoms with van der Waals surface area (Å²) in [4.78, 5) is 82.6. The van der Waals surface area contributed by atoms with Crippen LogP contribution in [0.5, 0.6) is 0 Å². The van der Waals surface area contributed by atoms with Gasteiger partial charge in [-0.05, 0) is 62.3 Å². The number of hydrogen-bond acceptors (Lipinski definition) is 6. The minimum atomic E-state index is -1.61. The zero-order valence-corrected chi connectivity index (χ0v) is 26.9. The summed E-state index contributed by atoms with van der Waals surface area (Å²) in [6, 6.07) is 2.57. The molecule has 11 nitrogen and oxygen atoms in total. The summed E-state index contributed by atoms with van der Waals surface area (Å²) < 4.78 is 1.91. The van der Waals surface area contributed by atoms with Gasteiger partial charge in [-0.25, -0.2) is 0 Å². The van der Waals surface area contributed by atoms with E-state index < -0.39 is 47.7 Å². The average Bonchev–Trinajstić information content (AvgIpc) is 3.42. The lowest BCUT2D eigenvalue weighted by Crippen LogP contribution is -2.65. The quantitative estimate of drug-likeness (QED) is 0.200. The van der Waals surface area contributed by atoms with Crippen molar-refractivity contribution in [3.63, 3.8) is 0 Å². The van der Waals surface area contributed by atoms with Crippen LogP contribution in [0.2, 0.25) is 0 Å². The van der Waals surface area contributed by atoms with Crippen molar-refractivity contribution < 1.29 is 28.8 Å². The Bertz CT molecular complexity index is 1430. The van der Waals surface area contributed by atoms with Crippen LogP contribution in [-0.4, -0.2) is 75.4 Å². The molecule has 0 radical (unpaired) electrons. The summed E-state index contributed by atoms with van der Waals surface area (Å²) in [6.07, 6.45) is 7.46. The molecule has 0 saturated carbocycles. The van der Waals surface area contributed by atoms with Gasteiger partial charge in [0.05, 0.1) is 0 Å². The van der Waals surface area contributed by atoms with Gasteiger partial charge in [0, 0.05) is 49.1 Å². The second-order valence-corrected chi connectivity index (χ2v) is 12.5. The molecule has 2 aliphatic heterocycles. The first-order valence-corrected chi connectivity index (χ1v) is 16.4. The average molecular weight is 622 g/mol. The number of unbranched alkanes of at least 4 members (excludes halogenated alkanes) is 2. The molecule has 3 N–H and O–H groups in total. The largest absolute Gasteiger partial charge is 0.351 e. The van der Waals surface area contributed by atoms with Crippen molar-refractivity contribution in [1.82, 2.24) is 25.4 Å². The van der Waals surface area contributed by atoms with Crippen molar-refractivity contribution in [3.05, 3.63) is 36.0 Å². The Morgan fingerprint density at radius 1 is 0.933 bits per heavy atom. The van der Waals surface area contributed by atoms with E-state index in [2.05, 4.69) is 16.0 Å². The third kappa shape index (κ3) is 7.99. The number of nitrogens with one attached hydrogen (secondary N) is 3. The van der Waals surface area contributed by atoms with Gasteiger partial charge in [0.25, 0.3) is 5.91 Å². The number of benzene rings is 1. The maximum atomic E-state index is 14.0. The molecule has 0 bridgehead atoms. The second kappa shape index (κ2) is 15.3. The zero-order valence-electron chi connectivity index (χ0n) is 26.9. The van der Waals surface area contributed by atoms with E-state index in [-0.39, 0.29) is 29.6 Å². The maximum absolute atomic E-state index is 14.0. The first-order chi connectivity index (χ1) is 21.5. The predicted octanol–water partition coefficient (Wildman–Crippen LogP) is 3.19. The molecule has 244 valence electrons. The van der Waals surface area contributed by atoms with Crippen LogP contribution < -0.4 is 16.0 Å². The Labute approximate surface area is 264 Å². The standard InChI is InChI=1S/C34H47N5O6/c1-5-21(3)28-34(45)39-18-11-10-14-27(39)32(43)35-25(13-9-7-8-12-24(40)6-2)31(42)37-29(33(44)36-28)30(41)23-15-16-26-22(20-23)17-19-38(26)4/h15-17,19-21,25,27-29H,5-14,18H2,1-4H3,(H,35,43)(H,36,44)(H,37,42)/t21-,25+,27-,28?,29-/m1/s1. The van der Waals surface area contributed by atoms with Crippen LogP contribution in [0.1, 0.15) is 95.3 Å². The summed E-state index contributed by atoms with van der Waals surface area (Å²) in [5.74, 6) is -2.91. The van der Waals surface area contributed by atoms with Crippen molar-refractivity contribution >= 4 is 46.1 Å². The molecule has 4 amide bonds. The second-order valence-electron chi connectivity index (χ2n) is 12.5. The molecule has 1 aromatic heterocycles. The topological polar surface area (TPSA) is 147 Å². The molecular weight excluding hydrogens is 574 g/mol. The number of carbonyl (C=O) groups excluding carboxylic acids is 6. The molecule has 11 heteroatoms. The maximum Gasteiger partial charge on any atom is 0.251 e. The minimum Gasteiger partial charge on any atom is -0.351 e. The van der Waals surface area contributed by atoms with Gasteiger partial charge < -0.3 is 25.4 Å². The Hall–Kier alpha value is -4.02. The van der Waals surface area contributed by atoms with Crippen LogP contribution >= 0.6 is 0 Å². The number of rotatable bonds is 11. The van der Waals surface area contributed by atoms with E-state index in [1.54, 1.807) is 18.2 Å². The summed E-state index contributed by atoms with van der Waals surface area (Å²) >= 11 is 0. The van der Waals surface area contributed by atoms with E-state index in [0.29, 0.717) is 51.5 Å². The summed E-state index contributed by atoms with van der Waals surface area (Å²) in [5.41, 5.74) is 1.14. The van der Waals surface area contributed by atoms with Gasteiger partial charge in [0.15, 0.2) is 11.8 Å². The molecule has 1 aromatic carbocycles. The van der Waals surface area contributed by atoms with Crippen molar-refractivity contribution in [2.24, 2.45) is 13.0 Å². The van der Waals surface area contributed by atoms with E-state index in [9.17, 15) is 28.8 Å². The highest BCUT2D eigenvalue weighted by Gasteiger charge is 2.42. The lowest BCUT2D eigenvalue weighted by Gasteiger charge is -2.39. The number of aromatic nitrogens is 1. The number of nitrogens with zero attached hydrogens (tertiary/aromatic N) is 2. The third-order valence-corrected chi connectivity index (χ3v) is 9.32. The molecule has 0 spiro atoms. The van der Waals surface area contributed by atoms with E-state index in [1.807, 2.05) is 44.6 Å². The summed E-state index contributed by atoms with van der Waals surface area (Å²) in [6.45, 7) is 5.93. The van der Waals surface area contributed by atoms with Crippen LogP contribution in [0.3, 0.4) is 0 Å². The van der Waals surface area contributed by atoms with E-state index in [4.69, 9.17) is 0 Å². The number of ketones is 2. The fraction of sp³-hybridized carbons (Fsp3) is 0.588. The molecule has 4 rings (SSSR count). The van der Waals surface area contributed by atoms with Gasteiger partial charge in [-0.3, -0.25) is 28.8 Å². The minimum absolute atomic E-state index is 0.172. The van der Waals surface area contributed by atoms with Crippen molar-refractivity contribution in [3.8, 4) is 0 Å². The number of piperidine rings is 1. The lowest BCUT2D eigenvalue weighted by molar-refractivity contribution is -0.147. The van der Waals surface area contributed by atoms with E-state index in [0.717, 1.165) is 23.7 Å². The van der Waals surface area contributed by atoms with Gasteiger partial charge in [0.2, 0.25) is 17.7 Å². The molecular formula is C34H47N5O6. The van der Waals surface area contributed by atoms with Gasteiger partial charge >= 0.3 is 0 Å². The van der Waals surface area contributed by atoms with Gasteiger partial charge in [-0.2, -0.15) is 0 Å². The summed E-state index contributed by atoms with van der Waals surface area (Å²) in [7, 11) is 1.89. The molecule has 2 aromatic rings. The van der Waals surface area contributed by atoms with Crippen molar-refractivity contribution in [2.75, 3.05) is 6.54 Å². The fourth-order valence-electron chi connectivity index (χ4n) is 6.22. The highest BCUT2D eigenvalue weighted by Crippen LogP contribution is 2.23. The molecule has 2 fully saturated rings. The number of Topliss-reactive ketones (excluding diaryl/α,β-unsaturated/α-hetero) is 2. The Morgan fingerprint density at radius 2 is 1.71 bits per heavy atom. The predicted molar refractivity (Wildman–Crippen MR) is 170 cm³/mol. The molecule has 5 atom stereocenters. The van der Waals surface area contributed by atoms with E-state index in [1.165, 1.54) is 4.90 Å². The molecule has 0 aliphatic carbocycles. The zero-order chi connectivity index (χ0) is 32.7. The molecule has 3 heterocycles. The summed E-state index contributed by atoms with van der Waals surface area (Å²) in [5, 5.41) is 9.10. The number of carbonyl (C=O) groups is 6. The Kier molecular flexibility index (Phi) is 11.5. The van der Waals surface area contributed by atoms with Gasteiger partial charge in [-0.15, -0.1) is 0 Å². The Balaban J connectivity index is 1.67. The highest BCUT2D eigenvalue weighted by atomic mass is 16.2. The van der Waals surface area contributed by atoms with Crippen LogP contribution in [0.25, 0.3) is 10.9 Å². The van der Waals surface area contributed by atoms with Crippen molar-refractivity contribution in [1.29, 1.82) is 0 Å². The fourth-order valence-corrected chi connectivity index (χ4v) is 6.22. The third-order valence-electron chi connectivity index (χ3n) is 9.32. The number of aryl methyl sites for hydroxylation is 1. The first-order valence-electron chi connectivity index (χ1n) is 16.4. The normalized spacial score (nSPS) is 23.7. The Morgan fingerprint density at radius 3 is 2.44 bits per heavy atom. The highest BCUT2D eigenvalue weighted by molar-refractivity contribution is 6.17.